The number of amides is 1. The Labute approximate surface area is 127 Å². The summed E-state index contributed by atoms with van der Waals surface area (Å²) in [4.78, 5) is 23.4. The normalized spacial score (nSPS) is 11.9. The van der Waals surface area contributed by atoms with Crippen molar-refractivity contribution in [3.8, 4) is 0 Å². The lowest BCUT2D eigenvalue weighted by Gasteiger charge is -2.14. The van der Waals surface area contributed by atoms with Crippen molar-refractivity contribution in [2.24, 2.45) is 0 Å². The van der Waals surface area contributed by atoms with E-state index in [4.69, 9.17) is 0 Å². The first-order valence-corrected chi connectivity index (χ1v) is 7.62. The second-order valence-electron chi connectivity index (χ2n) is 4.86. The molecule has 0 aliphatic heterocycles. The molecule has 0 spiro atoms. The van der Waals surface area contributed by atoms with E-state index < -0.39 is 12.0 Å². The van der Waals surface area contributed by atoms with Gasteiger partial charge in [-0.2, -0.15) is 11.3 Å². The van der Waals surface area contributed by atoms with Gasteiger partial charge in [-0.1, -0.05) is 30.3 Å². The minimum Gasteiger partial charge on any atom is -0.480 e. The summed E-state index contributed by atoms with van der Waals surface area (Å²) in [7, 11) is 0. The molecule has 5 heteroatoms. The van der Waals surface area contributed by atoms with Crippen LogP contribution in [0.1, 0.15) is 27.9 Å². The highest BCUT2D eigenvalue weighted by molar-refractivity contribution is 7.08. The third-order valence-electron chi connectivity index (χ3n) is 3.27. The van der Waals surface area contributed by atoms with Gasteiger partial charge in [0.25, 0.3) is 5.91 Å². The molecule has 0 radical (unpaired) electrons. The zero-order valence-electron chi connectivity index (χ0n) is 11.7. The lowest BCUT2D eigenvalue weighted by Crippen LogP contribution is -2.41. The molecular formula is C16H17NO3S. The molecule has 1 amide bonds. The van der Waals surface area contributed by atoms with E-state index in [1.807, 2.05) is 42.6 Å². The topological polar surface area (TPSA) is 66.4 Å². The summed E-state index contributed by atoms with van der Waals surface area (Å²) in [5.74, 6) is -1.33. The first-order chi connectivity index (χ1) is 10.1. The maximum absolute atomic E-state index is 12.1. The van der Waals surface area contributed by atoms with E-state index in [0.717, 1.165) is 11.1 Å². The van der Waals surface area contributed by atoms with Crippen LogP contribution in [0.5, 0.6) is 0 Å². The van der Waals surface area contributed by atoms with Crippen LogP contribution in [0.2, 0.25) is 0 Å². The van der Waals surface area contributed by atoms with E-state index in [9.17, 15) is 14.7 Å². The van der Waals surface area contributed by atoms with E-state index in [1.165, 1.54) is 11.3 Å². The largest absolute Gasteiger partial charge is 0.480 e. The Bertz CT molecular complexity index is 621. The molecule has 1 aromatic heterocycles. The van der Waals surface area contributed by atoms with Crippen LogP contribution in [-0.4, -0.2) is 23.0 Å². The Morgan fingerprint density at radius 3 is 2.52 bits per heavy atom. The number of hydrogen-bond donors (Lipinski definition) is 2. The van der Waals surface area contributed by atoms with Gasteiger partial charge in [0.2, 0.25) is 0 Å². The standard InChI is InChI=1S/C16H17NO3S/c1-11-9-21-10-13(11)15(18)17-14(16(19)20)8-7-12-5-3-2-4-6-12/h2-6,9-10,14H,7-8H2,1H3,(H,17,18)(H,19,20). The highest BCUT2D eigenvalue weighted by Crippen LogP contribution is 2.14. The SMILES string of the molecule is Cc1cscc1C(=O)NC(CCc1ccccc1)C(=O)O. The van der Waals surface area contributed by atoms with Crippen molar-refractivity contribution in [3.05, 3.63) is 57.8 Å². The monoisotopic (exact) mass is 303 g/mol. The first-order valence-electron chi connectivity index (χ1n) is 6.68. The molecule has 4 nitrogen and oxygen atoms in total. The van der Waals surface area contributed by atoms with Crippen LogP contribution in [0.4, 0.5) is 0 Å². The molecule has 2 aromatic rings. The van der Waals surface area contributed by atoms with E-state index in [2.05, 4.69) is 5.32 Å². The van der Waals surface area contributed by atoms with Crippen LogP contribution in [0, 0.1) is 6.92 Å². The number of thiophene rings is 1. The second kappa shape index (κ2) is 7.04. The lowest BCUT2D eigenvalue weighted by molar-refractivity contribution is -0.139. The van der Waals surface area contributed by atoms with Gasteiger partial charge in [0, 0.05) is 5.38 Å². The van der Waals surface area contributed by atoms with Crippen molar-refractivity contribution >= 4 is 23.2 Å². The maximum Gasteiger partial charge on any atom is 0.326 e. The van der Waals surface area contributed by atoms with E-state index in [0.29, 0.717) is 18.4 Å². The molecule has 2 N–H and O–H groups in total. The van der Waals surface area contributed by atoms with Crippen molar-refractivity contribution in [1.29, 1.82) is 0 Å². The number of carbonyl (C=O) groups is 2. The molecule has 0 fully saturated rings. The summed E-state index contributed by atoms with van der Waals surface area (Å²) >= 11 is 1.43. The van der Waals surface area contributed by atoms with Crippen LogP contribution in [0.3, 0.4) is 0 Å². The molecule has 0 aliphatic carbocycles. The number of hydrogen-bond acceptors (Lipinski definition) is 3. The van der Waals surface area contributed by atoms with Gasteiger partial charge in [-0.3, -0.25) is 4.79 Å². The van der Waals surface area contributed by atoms with Crippen molar-refractivity contribution < 1.29 is 14.7 Å². The van der Waals surface area contributed by atoms with Crippen molar-refractivity contribution in [3.63, 3.8) is 0 Å². The number of benzene rings is 1. The lowest BCUT2D eigenvalue weighted by atomic mass is 10.0. The number of carboxylic acids is 1. The average molecular weight is 303 g/mol. The third kappa shape index (κ3) is 4.16. The Hall–Kier alpha value is -2.14. The smallest absolute Gasteiger partial charge is 0.326 e. The highest BCUT2D eigenvalue weighted by Gasteiger charge is 2.21. The number of carboxylic acid groups (broad SMARTS) is 1. The molecule has 110 valence electrons. The molecule has 21 heavy (non-hydrogen) atoms. The zero-order chi connectivity index (χ0) is 15.2. The van der Waals surface area contributed by atoms with Crippen LogP contribution in [-0.2, 0) is 11.2 Å². The molecule has 0 bridgehead atoms. The fourth-order valence-electron chi connectivity index (χ4n) is 2.04. The van der Waals surface area contributed by atoms with Crippen molar-refractivity contribution in [2.75, 3.05) is 0 Å². The Balaban J connectivity index is 1.98. The molecule has 1 atom stereocenters. The average Bonchev–Trinajstić information content (AvgIpc) is 2.90. The summed E-state index contributed by atoms with van der Waals surface area (Å²) in [6, 6.07) is 8.76. The van der Waals surface area contributed by atoms with Gasteiger partial charge in [-0.05, 0) is 36.3 Å². The van der Waals surface area contributed by atoms with Gasteiger partial charge in [0.05, 0.1) is 5.56 Å². The molecule has 0 saturated carbocycles. The van der Waals surface area contributed by atoms with Crippen LogP contribution in [0.25, 0.3) is 0 Å². The first kappa shape index (κ1) is 15.3. The fraction of sp³-hybridized carbons (Fsp3) is 0.250. The van der Waals surface area contributed by atoms with Gasteiger partial charge in [0.15, 0.2) is 0 Å². The predicted molar refractivity (Wildman–Crippen MR) is 82.7 cm³/mol. The number of nitrogens with one attached hydrogen (secondary N) is 1. The summed E-state index contributed by atoms with van der Waals surface area (Å²) < 4.78 is 0. The van der Waals surface area contributed by atoms with Crippen LogP contribution in [0.15, 0.2) is 41.1 Å². The van der Waals surface area contributed by atoms with Crippen molar-refractivity contribution in [1.82, 2.24) is 5.32 Å². The van der Waals surface area contributed by atoms with Crippen LogP contribution >= 0.6 is 11.3 Å². The second-order valence-corrected chi connectivity index (χ2v) is 5.60. The van der Waals surface area contributed by atoms with Crippen LogP contribution < -0.4 is 5.32 Å². The Morgan fingerprint density at radius 1 is 1.24 bits per heavy atom. The third-order valence-corrected chi connectivity index (χ3v) is 4.13. The van der Waals surface area contributed by atoms with Gasteiger partial charge in [-0.15, -0.1) is 0 Å². The predicted octanol–water partition coefficient (Wildman–Crippen LogP) is 2.87. The minimum atomic E-state index is -1.01. The van der Waals surface area contributed by atoms with E-state index >= 15 is 0 Å². The molecule has 1 aromatic carbocycles. The van der Waals surface area contributed by atoms with Crippen molar-refractivity contribution in [2.45, 2.75) is 25.8 Å². The maximum atomic E-state index is 12.1. The number of aliphatic carboxylic acids is 1. The molecule has 1 heterocycles. The molecule has 2 rings (SSSR count). The summed E-state index contributed by atoms with van der Waals surface area (Å²) in [5, 5.41) is 15.5. The Morgan fingerprint density at radius 2 is 1.95 bits per heavy atom. The highest BCUT2D eigenvalue weighted by atomic mass is 32.1. The molecular weight excluding hydrogens is 286 g/mol. The Kier molecular flexibility index (Phi) is 5.11. The van der Waals surface area contributed by atoms with Gasteiger partial charge < -0.3 is 10.4 Å². The summed E-state index contributed by atoms with van der Waals surface area (Å²) in [5.41, 5.74) is 2.47. The zero-order valence-corrected chi connectivity index (χ0v) is 12.5. The number of rotatable bonds is 6. The van der Waals surface area contributed by atoms with Gasteiger partial charge >= 0.3 is 5.97 Å². The summed E-state index contributed by atoms with van der Waals surface area (Å²) in [6.45, 7) is 1.84. The molecule has 1 unspecified atom stereocenters. The molecule has 0 aliphatic rings. The molecule has 0 saturated heterocycles. The van der Waals surface area contributed by atoms with E-state index in [-0.39, 0.29) is 5.91 Å². The summed E-state index contributed by atoms with van der Waals surface area (Å²) in [6.07, 6.45) is 0.981. The van der Waals surface area contributed by atoms with E-state index in [1.54, 1.807) is 5.38 Å². The quantitative estimate of drug-likeness (QED) is 0.862. The fourth-order valence-corrected chi connectivity index (χ4v) is 2.87. The van der Waals surface area contributed by atoms with Gasteiger partial charge in [-0.25, -0.2) is 4.79 Å². The number of carbonyl (C=O) groups excluding carboxylic acids is 1. The van der Waals surface area contributed by atoms with Gasteiger partial charge in [0.1, 0.15) is 6.04 Å². The number of aryl methyl sites for hydroxylation is 2. The minimum absolute atomic E-state index is 0.325.